The summed E-state index contributed by atoms with van der Waals surface area (Å²) >= 11 is 0. The number of likely N-dealkylation sites (tertiary alicyclic amines) is 1. The molecule has 1 heterocycles. The van der Waals surface area contributed by atoms with Crippen LogP contribution in [0.4, 0.5) is 0 Å². The number of carbonyl (C=O) groups excluding carboxylic acids is 3. The molecule has 9 heteroatoms. The Morgan fingerprint density at radius 3 is 2.62 bits per heavy atom. The first-order valence-corrected chi connectivity index (χ1v) is 9.57. The zero-order chi connectivity index (χ0) is 21.3. The van der Waals surface area contributed by atoms with Gasteiger partial charge in [0.1, 0.15) is 11.3 Å². The highest BCUT2D eigenvalue weighted by Gasteiger charge is 2.58. The third-order valence-electron chi connectivity index (χ3n) is 6.30. The van der Waals surface area contributed by atoms with E-state index in [9.17, 15) is 14.4 Å². The highest BCUT2D eigenvalue weighted by Crippen LogP contribution is 2.44. The van der Waals surface area contributed by atoms with E-state index in [-0.39, 0.29) is 37.3 Å². The van der Waals surface area contributed by atoms with Crippen LogP contribution in [0.5, 0.6) is 0 Å². The molecule has 1 unspecified atom stereocenters. The summed E-state index contributed by atoms with van der Waals surface area (Å²) in [6, 6.07) is 5.41. The molecule has 0 radical (unpaired) electrons. The third kappa shape index (κ3) is 3.57. The summed E-state index contributed by atoms with van der Waals surface area (Å²) in [5.41, 5.74) is 18.4. The molecule has 1 aromatic rings. The molecule has 0 spiro atoms. The highest BCUT2D eigenvalue weighted by molar-refractivity contribution is 6.08. The van der Waals surface area contributed by atoms with Crippen LogP contribution < -0.4 is 17.2 Å². The summed E-state index contributed by atoms with van der Waals surface area (Å²) < 4.78 is 4.69. The smallest absolute Gasteiger partial charge is 0.307 e. The normalized spacial score (nSPS) is 26.1. The molecule has 0 saturated carbocycles. The van der Waals surface area contributed by atoms with Crippen molar-refractivity contribution in [3.63, 3.8) is 0 Å². The van der Waals surface area contributed by atoms with Gasteiger partial charge in [-0.3, -0.25) is 19.8 Å². The van der Waals surface area contributed by atoms with Crippen molar-refractivity contribution in [2.24, 2.45) is 28.5 Å². The first-order valence-electron chi connectivity index (χ1n) is 9.57. The van der Waals surface area contributed by atoms with Gasteiger partial charge >= 0.3 is 5.97 Å². The minimum absolute atomic E-state index is 0.0275. The van der Waals surface area contributed by atoms with Crippen LogP contribution in [-0.4, -0.2) is 48.3 Å². The molecule has 7 N–H and O–H groups in total. The molecule has 156 valence electrons. The van der Waals surface area contributed by atoms with Gasteiger partial charge in [-0.15, -0.1) is 0 Å². The Morgan fingerprint density at radius 2 is 2.03 bits per heavy atom. The number of ether oxygens (including phenoxy) is 1. The van der Waals surface area contributed by atoms with Gasteiger partial charge in [0.15, 0.2) is 0 Å². The van der Waals surface area contributed by atoms with E-state index >= 15 is 0 Å². The van der Waals surface area contributed by atoms with E-state index in [1.54, 1.807) is 0 Å². The van der Waals surface area contributed by atoms with Crippen molar-refractivity contribution >= 4 is 23.6 Å². The molecule has 9 nitrogen and oxygen atoms in total. The minimum Gasteiger partial charge on any atom is -0.469 e. The van der Waals surface area contributed by atoms with Gasteiger partial charge in [-0.05, 0) is 48.8 Å². The standard InChI is InChI=1S/C20H27N5O4/c1-29-16(26)9-20(18(24)27)8-15(25(10-21)19(20)28)13-4-2-12-7-14(17(22)23)5-3-11(12)6-13/h3,5,7,13,15H,2,4,6,8-10,21H2,1H3,(H3,22,23)(H2,24,27)/t13?,15-,20-/m0/s1. The second-order valence-electron chi connectivity index (χ2n) is 7.83. The number of nitrogens with two attached hydrogens (primary N) is 3. The lowest BCUT2D eigenvalue weighted by Gasteiger charge is -2.34. The van der Waals surface area contributed by atoms with E-state index < -0.39 is 23.2 Å². The van der Waals surface area contributed by atoms with Crippen LogP contribution in [0.2, 0.25) is 0 Å². The van der Waals surface area contributed by atoms with Crippen LogP contribution in [0.1, 0.15) is 36.0 Å². The Morgan fingerprint density at radius 1 is 1.31 bits per heavy atom. The Balaban J connectivity index is 1.88. The van der Waals surface area contributed by atoms with Gasteiger partial charge in [-0.1, -0.05) is 12.1 Å². The van der Waals surface area contributed by atoms with E-state index in [4.69, 9.17) is 22.6 Å². The molecule has 1 aliphatic heterocycles. The lowest BCUT2D eigenvalue weighted by molar-refractivity contribution is -0.153. The molecule has 2 aliphatic rings. The lowest BCUT2D eigenvalue weighted by atomic mass is 9.74. The van der Waals surface area contributed by atoms with Gasteiger partial charge in [0.05, 0.1) is 20.2 Å². The number of amidine groups is 1. The maximum absolute atomic E-state index is 13.1. The quantitative estimate of drug-likeness (QED) is 0.220. The molecular weight excluding hydrogens is 374 g/mol. The van der Waals surface area contributed by atoms with Crippen molar-refractivity contribution in [1.29, 1.82) is 5.41 Å². The van der Waals surface area contributed by atoms with Crippen LogP contribution in [0, 0.1) is 16.7 Å². The minimum atomic E-state index is -1.62. The molecule has 0 bridgehead atoms. The SMILES string of the molecule is COC(=O)C[C@]1(C(N)=O)C[C@@H](C2CCc3cc(C(=N)N)ccc3C2)N(CN)C1=O. The molecule has 1 aromatic carbocycles. The molecule has 0 aromatic heterocycles. The number of aryl methyl sites for hydroxylation is 1. The number of esters is 1. The number of nitrogen functional groups attached to an aromatic ring is 1. The Hall–Kier alpha value is -2.94. The van der Waals surface area contributed by atoms with Crippen molar-refractivity contribution in [2.75, 3.05) is 13.8 Å². The molecule has 3 rings (SSSR count). The number of nitrogens with zero attached hydrogens (tertiary/aromatic N) is 1. The first kappa shape index (κ1) is 20.8. The topological polar surface area (TPSA) is 166 Å². The van der Waals surface area contributed by atoms with E-state index in [0.29, 0.717) is 12.0 Å². The summed E-state index contributed by atoms with van der Waals surface area (Å²) in [5, 5.41) is 7.60. The predicted molar refractivity (Wildman–Crippen MR) is 106 cm³/mol. The maximum atomic E-state index is 13.1. The fourth-order valence-corrected chi connectivity index (χ4v) is 4.66. The van der Waals surface area contributed by atoms with Gasteiger partial charge in [0, 0.05) is 11.6 Å². The summed E-state index contributed by atoms with van der Waals surface area (Å²) in [5.74, 6) is -1.87. The highest BCUT2D eigenvalue weighted by atomic mass is 16.5. The van der Waals surface area contributed by atoms with Gasteiger partial charge in [-0.2, -0.15) is 0 Å². The molecule has 29 heavy (non-hydrogen) atoms. The number of hydrogen-bond donors (Lipinski definition) is 4. The monoisotopic (exact) mass is 401 g/mol. The van der Waals surface area contributed by atoms with Gasteiger partial charge < -0.3 is 26.8 Å². The molecule has 3 atom stereocenters. The Kier molecular flexibility index (Phi) is 5.61. The molecule has 2 amide bonds. The summed E-state index contributed by atoms with van der Waals surface area (Å²) in [4.78, 5) is 38.7. The summed E-state index contributed by atoms with van der Waals surface area (Å²) in [6.45, 7) is -0.0493. The second-order valence-corrected chi connectivity index (χ2v) is 7.83. The number of benzene rings is 1. The van der Waals surface area contributed by atoms with E-state index in [0.717, 1.165) is 24.0 Å². The van der Waals surface area contributed by atoms with Crippen molar-refractivity contribution in [2.45, 2.75) is 38.1 Å². The predicted octanol–water partition coefficient (Wildman–Crippen LogP) is -0.373. The summed E-state index contributed by atoms with van der Waals surface area (Å²) in [6.07, 6.45) is 2.03. The summed E-state index contributed by atoms with van der Waals surface area (Å²) in [7, 11) is 1.21. The number of nitrogens with one attached hydrogen (secondary N) is 1. The van der Waals surface area contributed by atoms with Crippen molar-refractivity contribution in [3.05, 3.63) is 34.9 Å². The zero-order valence-electron chi connectivity index (χ0n) is 16.4. The molecule has 1 saturated heterocycles. The van der Waals surface area contributed by atoms with Crippen LogP contribution >= 0.6 is 0 Å². The van der Waals surface area contributed by atoms with Crippen molar-refractivity contribution < 1.29 is 19.1 Å². The van der Waals surface area contributed by atoms with Crippen LogP contribution in [0.25, 0.3) is 0 Å². The number of fused-ring (bicyclic) bond motifs is 1. The van der Waals surface area contributed by atoms with Crippen LogP contribution in [-0.2, 0) is 32.0 Å². The fourth-order valence-electron chi connectivity index (χ4n) is 4.66. The number of hydrogen-bond acceptors (Lipinski definition) is 6. The number of methoxy groups -OCH3 is 1. The largest absolute Gasteiger partial charge is 0.469 e. The third-order valence-corrected chi connectivity index (χ3v) is 6.30. The molecule has 1 aliphatic carbocycles. The molecule has 1 fully saturated rings. The van der Waals surface area contributed by atoms with Crippen molar-refractivity contribution in [1.82, 2.24) is 4.90 Å². The number of amides is 2. The van der Waals surface area contributed by atoms with E-state index in [1.807, 2.05) is 18.2 Å². The maximum Gasteiger partial charge on any atom is 0.307 e. The average molecular weight is 401 g/mol. The molecular formula is C20H27N5O4. The van der Waals surface area contributed by atoms with Gasteiger partial charge in [0.2, 0.25) is 11.8 Å². The van der Waals surface area contributed by atoms with Gasteiger partial charge in [-0.25, -0.2) is 0 Å². The van der Waals surface area contributed by atoms with E-state index in [2.05, 4.69) is 4.74 Å². The fraction of sp³-hybridized carbons (Fsp3) is 0.500. The van der Waals surface area contributed by atoms with Gasteiger partial charge in [0.25, 0.3) is 0 Å². The Bertz CT molecular complexity index is 870. The second kappa shape index (κ2) is 7.82. The number of carbonyl (C=O) groups is 3. The zero-order valence-corrected chi connectivity index (χ0v) is 16.4. The lowest BCUT2D eigenvalue weighted by Crippen LogP contribution is -2.48. The average Bonchev–Trinajstić information content (AvgIpc) is 2.99. The number of rotatable bonds is 6. The first-order chi connectivity index (χ1) is 13.7. The van der Waals surface area contributed by atoms with Crippen molar-refractivity contribution in [3.8, 4) is 0 Å². The Labute approximate surface area is 169 Å². The van der Waals surface area contributed by atoms with Crippen LogP contribution in [0.3, 0.4) is 0 Å². The number of primary amides is 1. The van der Waals surface area contributed by atoms with E-state index in [1.165, 1.54) is 12.0 Å². The van der Waals surface area contributed by atoms with Crippen LogP contribution in [0.15, 0.2) is 18.2 Å².